The lowest BCUT2D eigenvalue weighted by Gasteiger charge is -2.33. The average Bonchev–Trinajstić information content (AvgIpc) is 3.04. The van der Waals surface area contributed by atoms with Gasteiger partial charge in [0.1, 0.15) is 0 Å². The van der Waals surface area contributed by atoms with Gasteiger partial charge in [0.25, 0.3) is 5.56 Å². The Morgan fingerprint density at radius 1 is 1.34 bits per heavy atom. The molecule has 0 unspecified atom stereocenters. The van der Waals surface area contributed by atoms with Gasteiger partial charge in [0.05, 0.1) is 4.91 Å². The molecular weight excluding hydrogens is 404 g/mol. The Morgan fingerprint density at radius 3 is 2.69 bits per heavy atom. The normalized spacial score (nSPS) is 18.7. The molecule has 160 valence electrons. The van der Waals surface area contributed by atoms with Gasteiger partial charge in [-0.15, -0.1) is 0 Å². The largest absolute Gasteiger partial charge is 0.277 e. The highest BCUT2D eigenvalue weighted by atomic mass is 32.2. The minimum atomic E-state index is -3.42. The van der Waals surface area contributed by atoms with Gasteiger partial charge in [0, 0.05) is 10.9 Å². The standard InChI is InChI=1S/C22H32N2O3S2/c1-16(8-6-9-17(2)14-18-15-21(25)24-28-18)11-12-19-20(29(26,27)23-5)10-7-13-22(19,3)4/h8,11-12,14-15,23H,6-7,9-10,13H2,1-5H3,(H,24,25)/b12-11+,16-8+,17-14+. The zero-order valence-electron chi connectivity index (χ0n) is 18.0. The van der Waals surface area contributed by atoms with E-state index in [0.29, 0.717) is 11.3 Å². The van der Waals surface area contributed by atoms with Crippen LogP contribution in [0.3, 0.4) is 0 Å². The van der Waals surface area contributed by atoms with E-state index in [0.717, 1.165) is 41.7 Å². The highest BCUT2D eigenvalue weighted by Gasteiger charge is 2.33. The number of rotatable bonds is 8. The highest BCUT2D eigenvalue weighted by molar-refractivity contribution is 7.93. The second kappa shape index (κ2) is 9.87. The van der Waals surface area contributed by atoms with Crippen molar-refractivity contribution in [1.29, 1.82) is 0 Å². The van der Waals surface area contributed by atoms with Gasteiger partial charge in [-0.05, 0) is 70.1 Å². The highest BCUT2D eigenvalue weighted by Crippen LogP contribution is 2.42. The molecule has 1 heterocycles. The summed E-state index contributed by atoms with van der Waals surface area (Å²) in [5.41, 5.74) is 3.01. The number of nitrogens with one attached hydrogen (secondary N) is 2. The molecule has 0 amide bonds. The van der Waals surface area contributed by atoms with E-state index >= 15 is 0 Å². The first-order valence-electron chi connectivity index (χ1n) is 9.93. The fourth-order valence-electron chi connectivity index (χ4n) is 3.55. The van der Waals surface area contributed by atoms with Gasteiger partial charge < -0.3 is 0 Å². The maximum atomic E-state index is 12.5. The molecule has 7 heteroatoms. The van der Waals surface area contributed by atoms with Crippen LogP contribution in [0.15, 0.2) is 50.7 Å². The summed E-state index contributed by atoms with van der Waals surface area (Å²) in [5.74, 6) is 0. The van der Waals surface area contributed by atoms with Crippen LogP contribution < -0.4 is 10.3 Å². The van der Waals surface area contributed by atoms with Crippen LogP contribution in [0.4, 0.5) is 0 Å². The molecule has 1 aliphatic rings. The number of allylic oxidation sites excluding steroid dienone is 7. The predicted octanol–water partition coefficient (Wildman–Crippen LogP) is 5.14. The lowest BCUT2D eigenvalue weighted by molar-refractivity contribution is 0.381. The molecule has 0 aliphatic heterocycles. The molecule has 0 bridgehead atoms. The monoisotopic (exact) mass is 436 g/mol. The van der Waals surface area contributed by atoms with Crippen molar-refractivity contribution in [1.82, 2.24) is 9.10 Å². The molecule has 2 rings (SSSR count). The molecule has 0 saturated carbocycles. The summed E-state index contributed by atoms with van der Waals surface area (Å²) in [5, 5.41) is 0. The van der Waals surface area contributed by atoms with Gasteiger partial charge >= 0.3 is 0 Å². The molecule has 0 fully saturated rings. The first kappa shape index (κ1) is 23.6. The summed E-state index contributed by atoms with van der Waals surface area (Å²) in [6, 6.07) is 1.61. The number of hydrogen-bond acceptors (Lipinski definition) is 4. The maximum absolute atomic E-state index is 12.5. The molecular formula is C22H32N2O3S2. The molecule has 0 spiro atoms. The third-order valence-electron chi connectivity index (χ3n) is 5.28. The molecule has 1 aromatic rings. The Kier molecular flexibility index (Phi) is 8.02. The second-order valence-electron chi connectivity index (χ2n) is 8.21. The summed E-state index contributed by atoms with van der Waals surface area (Å²) >= 11 is 1.35. The number of aromatic amines is 1. The number of sulfonamides is 1. The fraction of sp³-hybridized carbons (Fsp3) is 0.500. The van der Waals surface area contributed by atoms with Gasteiger partial charge in [-0.1, -0.05) is 54.8 Å². The van der Waals surface area contributed by atoms with Crippen LogP contribution in [-0.4, -0.2) is 19.8 Å². The molecule has 1 aromatic heterocycles. The van der Waals surface area contributed by atoms with E-state index in [2.05, 4.69) is 35.9 Å². The Bertz CT molecular complexity index is 1000. The Morgan fingerprint density at radius 2 is 2.07 bits per heavy atom. The molecule has 0 saturated heterocycles. The van der Waals surface area contributed by atoms with Gasteiger partial charge in [-0.25, -0.2) is 13.1 Å². The van der Waals surface area contributed by atoms with E-state index in [1.807, 2.05) is 25.2 Å². The molecule has 0 aromatic carbocycles. The molecule has 0 radical (unpaired) electrons. The first-order chi connectivity index (χ1) is 13.5. The summed E-state index contributed by atoms with van der Waals surface area (Å²) < 4.78 is 30.1. The van der Waals surface area contributed by atoms with Crippen LogP contribution in [-0.2, 0) is 10.0 Å². The molecule has 0 atom stereocenters. The molecule has 29 heavy (non-hydrogen) atoms. The van der Waals surface area contributed by atoms with E-state index in [1.54, 1.807) is 6.07 Å². The third-order valence-corrected chi connectivity index (χ3v) is 7.66. The van der Waals surface area contributed by atoms with Crippen LogP contribution in [0.2, 0.25) is 0 Å². The summed E-state index contributed by atoms with van der Waals surface area (Å²) in [7, 11) is -1.95. The number of H-pyrrole nitrogens is 1. The lowest BCUT2D eigenvalue weighted by atomic mass is 9.75. The Hall–Kier alpha value is -1.70. The van der Waals surface area contributed by atoms with E-state index in [9.17, 15) is 13.2 Å². The lowest BCUT2D eigenvalue weighted by Crippen LogP contribution is -2.28. The van der Waals surface area contributed by atoms with Crippen molar-refractivity contribution in [2.45, 2.75) is 59.8 Å². The van der Waals surface area contributed by atoms with Crippen LogP contribution in [0.25, 0.3) is 6.08 Å². The SMILES string of the molecule is CNS(=O)(=O)C1=C(/C=C/C(C)=C/CC/C(C)=C/c2cc(=O)[nH]s2)C(C)(C)CCC1. The van der Waals surface area contributed by atoms with E-state index in [4.69, 9.17) is 0 Å². The van der Waals surface area contributed by atoms with Gasteiger partial charge in [0.15, 0.2) is 0 Å². The summed E-state index contributed by atoms with van der Waals surface area (Å²) in [6.45, 7) is 8.32. The Labute approximate surface area is 178 Å². The predicted molar refractivity (Wildman–Crippen MR) is 123 cm³/mol. The summed E-state index contributed by atoms with van der Waals surface area (Å²) in [6.07, 6.45) is 12.4. The Balaban J connectivity index is 2.11. The summed E-state index contributed by atoms with van der Waals surface area (Å²) in [4.78, 5) is 12.7. The zero-order valence-corrected chi connectivity index (χ0v) is 19.6. The fourth-order valence-corrected chi connectivity index (χ4v) is 5.55. The van der Waals surface area contributed by atoms with Gasteiger partial charge in [-0.2, -0.15) is 0 Å². The number of aromatic nitrogens is 1. The van der Waals surface area contributed by atoms with Crippen molar-refractivity contribution >= 4 is 27.6 Å². The molecule has 5 nitrogen and oxygen atoms in total. The smallest absolute Gasteiger partial charge is 0.258 e. The van der Waals surface area contributed by atoms with Crippen molar-refractivity contribution in [3.63, 3.8) is 0 Å². The van der Waals surface area contributed by atoms with Crippen LogP contribution >= 0.6 is 11.5 Å². The average molecular weight is 437 g/mol. The minimum absolute atomic E-state index is 0.0606. The van der Waals surface area contributed by atoms with E-state index in [-0.39, 0.29) is 11.0 Å². The van der Waals surface area contributed by atoms with Crippen molar-refractivity contribution in [3.8, 4) is 0 Å². The second-order valence-corrected chi connectivity index (χ2v) is 11.0. The van der Waals surface area contributed by atoms with Crippen LogP contribution in [0, 0.1) is 5.41 Å². The third kappa shape index (κ3) is 6.66. The van der Waals surface area contributed by atoms with Crippen molar-refractivity contribution < 1.29 is 8.42 Å². The van der Waals surface area contributed by atoms with E-state index < -0.39 is 10.0 Å². The first-order valence-corrected chi connectivity index (χ1v) is 12.2. The minimum Gasteiger partial charge on any atom is -0.277 e. The van der Waals surface area contributed by atoms with Crippen molar-refractivity contribution in [3.05, 3.63) is 61.1 Å². The van der Waals surface area contributed by atoms with Gasteiger partial charge in [-0.3, -0.25) is 9.17 Å². The quantitative estimate of drug-likeness (QED) is 0.554. The topological polar surface area (TPSA) is 79.0 Å². The van der Waals surface area contributed by atoms with Crippen molar-refractivity contribution in [2.75, 3.05) is 7.05 Å². The number of hydrogen-bond donors (Lipinski definition) is 2. The van der Waals surface area contributed by atoms with Crippen LogP contribution in [0.5, 0.6) is 0 Å². The van der Waals surface area contributed by atoms with Crippen molar-refractivity contribution in [2.24, 2.45) is 5.41 Å². The van der Waals surface area contributed by atoms with Gasteiger partial charge in [0.2, 0.25) is 10.0 Å². The van der Waals surface area contributed by atoms with Crippen LogP contribution in [0.1, 0.15) is 64.7 Å². The maximum Gasteiger partial charge on any atom is 0.258 e. The van der Waals surface area contributed by atoms with E-state index in [1.165, 1.54) is 24.2 Å². The zero-order chi connectivity index (χ0) is 21.7. The molecule has 1 aliphatic carbocycles. The molecule has 2 N–H and O–H groups in total.